The summed E-state index contributed by atoms with van der Waals surface area (Å²) in [5.41, 5.74) is 3.06. The largest absolute Gasteiger partial charge is 0.389 e. The van der Waals surface area contributed by atoms with Gasteiger partial charge in [0.25, 0.3) is 15.9 Å². The molecule has 4 aromatic rings. The summed E-state index contributed by atoms with van der Waals surface area (Å²) in [5, 5.41) is 9.92. The highest BCUT2D eigenvalue weighted by atomic mass is 32.2. The van der Waals surface area contributed by atoms with E-state index in [2.05, 4.69) is 34.0 Å². The summed E-state index contributed by atoms with van der Waals surface area (Å²) in [7, 11) is -4.09. The van der Waals surface area contributed by atoms with Crippen molar-refractivity contribution < 1.29 is 22.7 Å². The summed E-state index contributed by atoms with van der Waals surface area (Å²) >= 11 is 0. The Kier molecular flexibility index (Phi) is 5.96. The number of hydrogen-bond donors (Lipinski definition) is 2. The van der Waals surface area contributed by atoms with Crippen LogP contribution in [0.5, 0.6) is 0 Å². The minimum Gasteiger partial charge on any atom is -0.389 e. The van der Waals surface area contributed by atoms with Crippen LogP contribution in [0.25, 0.3) is 10.9 Å². The summed E-state index contributed by atoms with van der Waals surface area (Å²) in [6, 6.07) is 20.3. The average Bonchev–Trinajstić information content (AvgIpc) is 2.83. The number of sulfonamides is 1. The number of para-hydroxylation sites is 1. The summed E-state index contributed by atoms with van der Waals surface area (Å²) < 4.78 is 42.2. The second-order valence-corrected chi connectivity index (χ2v) is 10.1. The third-order valence-electron chi connectivity index (χ3n) is 5.89. The van der Waals surface area contributed by atoms with Gasteiger partial charge in [0.05, 0.1) is 17.3 Å². The van der Waals surface area contributed by atoms with Crippen molar-refractivity contribution in [2.24, 2.45) is 0 Å². The zero-order chi connectivity index (χ0) is 24.6. The number of benzene rings is 3. The van der Waals surface area contributed by atoms with E-state index in [1.54, 1.807) is 24.3 Å². The maximum Gasteiger partial charge on any atom is 0.264 e. The SMILES string of the molecule is O=C(c1ccc(NS(=O)(=O)c2cccc3cccnc23)c(F)c1)N1CC(O)C1.c1cc2cc(c1)C2. The van der Waals surface area contributed by atoms with Crippen LogP contribution in [0.15, 0.2) is 83.9 Å². The molecule has 0 unspecified atom stereocenters. The highest BCUT2D eigenvalue weighted by molar-refractivity contribution is 7.93. The van der Waals surface area contributed by atoms with Gasteiger partial charge < -0.3 is 10.0 Å². The molecule has 2 bridgehead atoms. The number of pyridine rings is 1. The van der Waals surface area contributed by atoms with Gasteiger partial charge in [-0.1, -0.05) is 42.5 Å². The van der Waals surface area contributed by atoms with E-state index in [9.17, 15) is 22.7 Å². The van der Waals surface area contributed by atoms with Gasteiger partial charge in [-0.15, -0.1) is 0 Å². The molecule has 0 atom stereocenters. The molecule has 0 radical (unpaired) electrons. The second kappa shape index (κ2) is 9.09. The number of nitrogens with one attached hydrogen (secondary N) is 1. The zero-order valence-electron chi connectivity index (χ0n) is 18.6. The van der Waals surface area contributed by atoms with Crippen LogP contribution >= 0.6 is 0 Å². The fraction of sp³-hybridized carbons (Fsp3) is 0.154. The van der Waals surface area contributed by atoms with Gasteiger partial charge in [0.15, 0.2) is 0 Å². The minimum absolute atomic E-state index is 0.0697. The van der Waals surface area contributed by atoms with E-state index in [-0.39, 0.29) is 34.8 Å². The molecule has 35 heavy (non-hydrogen) atoms. The van der Waals surface area contributed by atoms with E-state index in [1.165, 1.54) is 46.8 Å². The molecule has 1 fully saturated rings. The molecular formula is C26H22FN3O4S. The quantitative estimate of drug-likeness (QED) is 0.400. The Morgan fingerprint density at radius 2 is 1.69 bits per heavy atom. The normalized spacial score (nSPS) is 14.4. The lowest BCUT2D eigenvalue weighted by Gasteiger charge is -2.35. The molecule has 2 N–H and O–H groups in total. The Morgan fingerprint density at radius 3 is 2.29 bits per heavy atom. The van der Waals surface area contributed by atoms with Gasteiger partial charge in [0.1, 0.15) is 10.7 Å². The lowest BCUT2D eigenvalue weighted by molar-refractivity contribution is 0.00587. The molecule has 7 rings (SSSR count). The van der Waals surface area contributed by atoms with Gasteiger partial charge in [-0.05, 0) is 47.9 Å². The van der Waals surface area contributed by atoms with E-state index in [4.69, 9.17) is 0 Å². The third-order valence-corrected chi connectivity index (χ3v) is 7.29. The molecule has 3 aliphatic rings. The number of anilines is 1. The van der Waals surface area contributed by atoms with Crippen molar-refractivity contribution in [3.8, 4) is 0 Å². The molecule has 7 nitrogen and oxygen atoms in total. The van der Waals surface area contributed by atoms with Gasteiger partial charge in [0, 0.05) is 30.2 Å². The van der Waals surface area contributed by atoms with E-state index >= 15 is 0 Å². The maximum absolute atomic E-state index is 14.5. The molecule has 9 heteroatoms. The minimum atomic E-state index is -4.09. The topological polar surface area (TPSA) is 99.6 Å². The van der Waals surface area contributed by atoms with Gasteiger partial charge >= 0.3 is 0 Å². The Labute approximate surface area is 201 Å². The van der Waals surface area contributed by atoms with Crippen LogP contribution in [-0.4, -0.2) is 48.5 Å². The fourth-order valence-electron chi connectivity index (χ4n) is 3.98. The van der Waals surface area contributed by atoms with E-state index in [0.29, 0.717) is 5.39 Å². The number of carbonyl (C=O) groups is 1. The number of halogens is 1. The van der Waals surface area contributed by atoms with Crippen molar-refractivity contribution in [1.29, 1.82) is 0 Å². The van der Waals surface area contributed by atoms with Crippen molar-refractivity contribution in [2.75, 3.05) is 17.8 Å². The first-order valence-electron chi connectivity index (χ1n) is 11.0. The number of fused-ring (bicyclic) bond motifs is 3. The zero-order valence-corrected chi connectivity index (χ0v) is 19.4. The standard InChI is InChI=1S/C19H16FN3O4S.C7H6/c20-15-9-13(19(25)23-10-14(24)11-23)6-7-16(15)22-28(26,27)17-5-1-3-12-4-2-8-21-18(12)17;1-2-6-4-7(3-1)5-6/h1-9,14,22,24H,10-11H2;1-4H,5H2. The number of carbonyl (C=O) groups excluding carboxylic acids is 1. The van der Waals surface area contributed by atoms with Gasteiger partial charge in [-0.2, -0.15) is 0 Å². The van der Waals surface area contributed by atoms with Gasteiger partial charge in [-0.3, -0.25) is 14.5 Å². The molecule has 0 saturated carbocycles. The molecule has 178 valence electrons. The molecule has 1 aliphatic heterocycles. The first-order chi connectivity index (χ1) is 16.8. The number of hydrogen-bond acceptors (Lipinski definition) is 5. The molecule has 2 heterocycles. The highest BCUT2D eigenvalue weighted by Gasteiger charge is 2.30. The molecule has 2 aliphatic carbocycles. The Balaban J connectivity index is 0.000000306. The lowest BCUT2D eigenvalue weighted by Crippen LogP contribution is -2.53. The molecule has 3 aromatic carbocycles. The lowest BCUT2D eigenvalue weighted by atomic mass is 9.94. The van der Waals surface area contributed by atoms with Crippen LogP contribution in [0.4, 0.5) is 10.1 Å². The number of aliphatic hydroxyl groups is 1. The van der Waals surface area contributed by atoms with Crippen molar-refractivity contribution in [3.63, 3.8) is 0 Å². The van der Waals surface area contributed by atoms with Crippen LogP contribution in [-0.2, 0) is 16.4 Å². The number of nitrogens with zero attached hydrogens (tertiary/aromatic N) is 2. The van der Waals surface area contributed by atoms with Crippen LogP contribution in [0.2, 0.25) is 0 Å². The Bertz CT molecular complexity index is 1500. The fourth-order valence-corrected chi connectivity index (χ4v) is 5.23. The second-order valence-electron chi connectivity index (χ2n) is 8.49. The van der Waals surface area contributed by atoms with Gasteiger partial charge in [0.2, 0.25) is 0 Å². The van der Waals surface area contributed by atoms with Crippen molar-refractivity contribution in [2.45, 2.75) is 17.4 Å². The number of rotatable bonds is 4. The molecular weight excluding hydrogens is 469 g/mol. The smallest absolute Gasteiger partial charge is 0.264 e. The first-order valence-corrected chi connectivity index (χ1v) is 12.5. The Morgan fingerprint density at radius 1 is 1.00 bits per heavy atom. The highest BCUT2D eigenvalue weighted by Crippen LogP contribution is 2.25. The number of amides is 1. The summed E-state index contributed by atoms with van der Waals surface area (Å²) in [4.78, 5) is 17.6. The third kappa shape index (κ3) is 4.73. The molecule has 1 saturated heterocycles. The summed E-state index contributed by atoms with van der Waals surface area (Å²) in [6.45, 7) is 0.395. The van der Waals surface area contributed by atoms with E-state index in [0.717, 1.165) is 6.07 Å². The van der Waals surface area contributed by atoms with Crippen molar-refractivity contribution in [3.05, 3.63) is 102 Å². The average molecular weight is 492 g/mol. The number of aromatic nitrogens is 1. The number of likely N-dealkylation sites (tertiary alicyclic amines) is 1. The predicted molar refractivity (Wildman–Crippen MR) is 130 cm³/mol. The van der Waals surface area contributed by atoms with E-state index < -0.39 is 27.9 Å². The monoisotopic (exact) mass is 491 g/mol. The molecule has 1 aromatic heterocycles. The molecule has 1 amide bonds. The van der Waals surface area contributed by atoms with E-state index in [1.807, 2.05) is 0 Å². The van der Waals surface area contributed by atoms with Crippen molar-refractivity contribution >= 4 is 32.5 Å². The van der Waals surface area contributed by atoms with Crippen LogP contribution < -0.4 is 4.72 Å². The predicted octanol–water partition coefficient (Wildman–Crippen LogP) is 3.58. The summed E-state index contributed by atoms with van der Waals surface area (Å²) in [5.74, 6) is -1.29. The molecule has 0 spiro atoms. The maximum atomic E-state index is 14.5. The number of β-amino-alcohol motifs (C(OH)–C–C–N with tert-alkyl or cyclic N) is 1. The number of aliphatic hydroxyl groups excluding tert-OH is 1. The Hall–Kier alpha value is -3.82. The van der Waals surface area contributed by atoms with Crippen LogP contribution in [0, 0.1) is 5.82 Å². The van der Waals surface area contributed by atoms with Gasteiger partial charge in [-0.25, -0.2) is 12.8 Å². The van der Waals surface area contributed by atoms with Crippen LogP contribution in [0.3, 0.4) is 0 Å². The van der Waals surface area contributed by atoms with Crippen LogP contribution in [0.1, 0.15) is 21.5 Å². The summed E-state index contributed by atoms with van der Waals surface area (Å²) in [6.07, 6.45) is 2.14. The first kappa shape index (κ1) is 22.9. The van der Waals surface area contributed by atoms with Crippen molar-refractivity contribution in [1.82, 2.24) is 9.88 Å².